The zero-order chi connectivity index (χ0) is 22.4. The Bertz CT molecular complexity index is 892. The predicted molar refractivity (Wildman–Crippen MR) is 113 cm³/mol. The van der Waals surface area contributed by atoms with Crippen LogP contribution in [0.15, 0.2) is 23.1 Å². The number of hydrogen-bond acceptors (Lipinski definition) is 8. The highest BCUT2D eigenvalue weighted by Crippen LogP contribution is 2.33. The van der Waals surface area contributed by atoms with Crippen LogP contribution in [0.25, 0.3) is 0 Å². The Morgan fingerprint density at radius 2 is 1.68 bits per heavy atom. The van der Waals surface area contributed by atoms with Crippen molar-refractivity contribution in [3.05, 3.63) is 18.2 Å². The van der Waals surface area contributed by atoms with Crippen molar-refractivity contribution in [1.29, 1.82) is 0 Å². The standard InChI is InChI=1S/C20H29N3O7S/c1-28-18-4-3-16(31(26,27)23-11-13-30-14-12-23)15-17(18)21-7-9-22(10-8-21)19(24)5-6-20(25)29-2/h3-4,15H,5-14H2,1-2H3. The predicted octanol–water partition coefficient (Wildman–Crippen LogP) is 0.318. The number of anilines is 1. The molecule has 2 fully saturated rings. The van der Waals surface area contributed by atoms with E-state index >= 15 is 0 Å². The van der Waals surface area contributed by atoms with Crippen LogP contribution in [-0.2, 0) is 29.1 Å². The molecule has 2 saturated heterocycles. The summed E-state index contributed by atoms with van der Waals surface area (Å²) in [5.74, 6) is 0.0714. The van der Waals surface area contributed by atoms with Crippen molar-refractivity contribution in [3.8, 4) is 5.75 Å². The third-order valence-electron chi connectivity index (χ3n) is 5.50. The maximum atomic E-state index is 13.0. The van der Waals surface area contributed by atoms with Gasteiger partial charge in [-0.3, -0.25) is 9.59 Å². The minimum absolute atomic E-state index is 0.0603. The summed E-state index contributed by atoms with van der Waals surface area (Å²) in [7, 11) is -0.786. The molecule has 1 aromatic rings. The Morgan fingerprint density at radius 3 is 2.29 bits per heavy atom. The fourth-order valence-electron chi connectivity index (χ4n) is 3.68. The van der Waals surface area contributed by atoms with E-state index in [0.29, 0.717) is 63.9 Å². The average molecular weight is 456 g/mol. The van der Waals surface area contributed by atoms with Gasteiger partial charge in [0, 0.05) is 45.7 Å². The first kappa shape index (κ1) is 23.3. The Morgan fingerprint density at radius 1 is 1.00 bits per heavy atom. The number of morpholine rings is 1. The number of esters is 1. The van der Waals surface area contributed by atoms with E-state index < -0.39 is 16.0 Å². The van der Waals surface area contributed by atoms with Crippen LogP contribution in [0, 0.1) is 0 Å². The van der Waals surface area contributed by atoms with E-state index in [-0.39, 0.29) is 23.6 Å². The van der Waals surface area contributed by atoms with E-state index in [1.54, 1.807) is 30.2 Å². The highest BCUT2D eigenvalue weighted by atomic mass is 32.2. The molecule has 1 amide bonds. The first-order valence-corrected chi connectivity index (χ1v) is 11.7. The molecule has 10 nitrogen and oxygen atoms in total. The van der Waals surface area contributed by atoms with Crippen LogP contribution < -0.4 is 9.64 Å². The largest absolute Gasteiger partial charge is 0.495 e. The maximum Gasteiger partial charge on any atom is 0.306 e. The van der Waals surface area contributed by atoms with Crippen molar-refractivity contribution in [3.63, 3.8) is 0 Å². The number of sulfonamides is 1. The Hall–Kier alpha value is -2.37. The van der Waals surface area contributed by atoms with Crippen LogP contribution in [0.5, 0.6) is 5.75 Å². The molecule has 0 spiro atoms. The van der Waals surface area contributed by atoms with E-state index in [4.69, 9.17) is 9.47 Å². The molecule has 1 aromatic carbocycles. The van der Waals surface area contributed by atoms with Gasteiger partial charge >= 0.3 is 5.97 Å². The van der Waals surface area contributed by atoms with Crippen LogP contribution in [0.1, 0.15) is 12.8 Å². The van der Waals surface area contributed by atoms with Gasteiger partial charge in [0.15, 0.2) is 0 Å². The van der Waals surface area contributed by atoms with Gasteiger partial charge in [-0.25, -0.2) is 8.42 Å². The summed E-state index contributed by atoms with van der Waals surface area (Å²) >= 11 is 0. The summed E-state index contributed by atoms with van der Waals surface area (Å²) in [5.41, 5.74) is 0.679. The lowest BCUT2D eigenvalue weighted by atomic mass is 10.2. The molecule has 31 heavy (non-hydrogen) atoms. The Labute approximate surface area is 182 Å². The normalized spacial score (nSPS) is 18.0. The number of amides is 1. The molecule has 0 unspecified atom stereocenters. The van der Waals surface area contributed by atoms with Crippen molar-refractivity contribution < 1.29 is 32.2 Å². The van der Waals surface area contributed by atoms with Gasteiger partial charge in [0.1, 0.15) is 5.75 Å². The van der Waals surface area contributed by atoms with Gasteiger partial charge < -0.3 is 24.0 Å². The van der Waals surface area contributed by atoms with Crippen LogP contribution in [0.3, 0.4) is 0 Å². The molecule has 3 rings (SSSR count). The summed E-state index contributed by atoms with van der Waals surface area (Å²) in [6.45, 7) is 3.44. The molecule has 0 radical (unpaired) electrons. The van der Waals surface area contributed by atoms with Crippen LogP contribution in [-0.4, -0.2) is 96.2 Å². The summed E-state index contributed by atoms with van der Waals surface area (Å²) < 4.78 is 42.8. The summed E-state index contributed by atoms with van der Waals surface area (Å²) in [6.07, 6.45) is 0.175. The van der Waals surface area contributed by atoms with E-state index in [2.05, 4.69) is 4.74 Å². The van der Waals surface area contributed by atoms with Gasteiger partial charge in [0.25, 0.3) is 0 Å². The lowest BCUT2D eigenvalue weighted by Crippen LogP contribution is -2.49. The van der Waals surface area contributed by atoms with Crippen molar-refractivity contribution in [2.24, 2.45) is 0 Å². The molecule has 0 saturated carbocycles. The maximum absolute atomic E-state index is 13.0. The van der Waals surface area contributed by atoms with Crippen molar-refractivity contribution in [1.82, 2.24) is 9.21 Å². The SMILES string of the molecule is COC(=O)CCC(=O)N1CCN(c2cc(S(=O)(=O)N3CCOCC3)ccc2OC)CC1. The van der Waals surface area contributed by atoms with Crippen molar-refractivity contribution in [2.45, 2.75) is 17.7 Å². The van der Waals surface area contributed by atoms with E-state index in [1.807, 2.05) is 4.90 Å². The van der Waals surface area contributed by atoms with E-state index in [1.165, 1.54) is 11.4 Å². The number of hydrogen-bond donors (Lipinski definition) is 0. The highest BCUT2D eigenvalue weighted by Gasteiger charge is 2.29. The number of methoxy groups -OCH3 is 2. The third-order valence-corrected chi connectivity index (χ3v) is 7.40. The molecular weight excluding hydrogens is 426 g/mol. The first-order chi connectivity index (χ1) is 14.9. The molecule has 172 valence electrons. The second kappa shape index (κ2) is 10.3. The third kappa shape index (κ3) is 5.46. The van der Waals surface area contributed by atoms with E-state index in [9.17, 15) is 18.0 Å². The highest BCUT2D eigenvalue weighted by molar-refractivity contribution is 7.89. The molecule has 0 atom stereocenters. The van der Waals surface area contributed by atoms with Gasteiger partial charge in [0.05, 0.1) is 44.4 Å². The lowest BCUT2D eigenvalue weighted by molar-refractivity contribution is -0.143. The average Bonchev–Trinajstić information content (AvgIpc) is 2.82. The number of benzene rings is 1. The molecule has 0 aromatic heterocycles. The van der Waals surface area contributed by atoms with E-state index in [0.717, 1.165) is 0 Å². The second-order valence-electron chi connectivity index (χ2n) is 7.29. The molecule has 0 aliphatic carbocycles. The Kier molecular flexibility index (Phi) is 7.74. The fraction of sp³-hybridized carbons (Fsp3) is 0.600. The zero-order valence-corrected chi connectivity index (χ0v) is 18.7. The van der Waals surface area contributed by atoms with Gasteiger partial charge in [0.2, 0.25) is 15.9 Å². The number of carbonyl (C=O) groups is 2. The van der Waals surface area contributed by atoms with Crippen molar-refractivity contribution >= 4 is 27.6 Å². The Balaban J connectivity index is 1.70. The lowest BCUT2D eigenvalue weighted by Gasteiger charge is -2.37. The minimum atomic E-state index is -3.63. The minimum Gasteiger partial charge on any atom is -0.495 e. The molecule has 2 aliphatic heterocycles. The molecule has 2 heterocycles. The summed E-state index contributed by atoms with van der Waals surface area (Å²) in [4.78, 5) is 27.5. The van der Waals surface area contributed by atoms with Gasteiger partial charge in [-0.2, -0.15) is 4.31 Å². The van der Waals surface area contributed by atoms with Crippen LogP contribution in [0.4, 0.5) is 5.69 Å². The molecule has 0 bridgehead atoms. The van der Waals surface area contributed by atoms with Crippen LogP contribution >= 0.6 is 0 Å². The topological polar surface area (TPSA) is 106 Å². The monoisotopic (exact) mass is 455 g/mol. The summed E-state index contributed by atoms with van der Waals surface area (Å²) in [5, 5.41) is 0. The quantitative estimate of drug-likeness (QED) is 0.541. The number of piperazine rings is 1. The van der Waals surface area contributed by atoms with Gasteiger partial charge in [-0.15, -0.1) is 0 Å². The number of rotatable bonds is 7. The smallest absolute Gasteiger partial charge is 0.306 e. The van der Waals surface area contributed by atoms with Gasteiger partial charge in [-0.05, 0) is 18.2 Å². The van der Waals surface area contributed by atoms with Crippen molar-refractivity contribution in [2.75, 3.05) is 71.6 Å². The fourth-order valence-corrected chi connectivity index (χ4v) is 5.11. The number of ether oxygens (including phenoxy) is 3. The number of nitrogens with zero attached hydrogens (tertiary/aromatic N) is 3. The second-order valence-corrected chi connectivity index (χ2v) is 9.23. The summed E-state index contributed by atoms with van der Waals surface area (Å²) in [6, 6.07) is 4.86. The molecule has 0 N–H and O–H groups in total. The molecular formula is C20H29N3O7S. The molecule has 11 heteroatoms. The zero-order valence-electron chi connectivity index (χ0n) is 17.9. The number of carbonyl (C=O) groups excluding carboxylic acids is 2. The van der Waals surface area contributed by atoms with Gasteiger partial charge in [-0.1, -0.05) is 0 Å². The van der Waals surface area contributed by atoms with Crippen LogP contribution in [0.2, 0.25) is 0 Å². The molecule has 2 aliphatic rings. The first-order valence-electron chi connectivity index (χ1n) is 10.2.